The normalized spacial score (nSPS) is 10.8. The van der Waals surface area contributed by atoms with Crippen LogP contribution < -0.4 is 15.4 Å². The average molecular weight is 391 g/mol. The molecule has 0 radical (unpaired) electrons. The lowest BCUT2D eigenvalue weighted by atomic mass is 10.1. The van der Waals surface area contributed by atoms with Crippen molar-refractivity contribution in [2.75, 3.05) is 17.2 Å². The number of anilines is 2. The third-order valence-corrected chi connectivity index (χ3v) is 3.46. The lowest BCUT2D eigenvalue weighted by Gasteiger charge is -2.11. The van der Waals surface area contributed by atoms with Crippen molar-refractivity contribution in [3.63, 3.8) is 0 Å². The summed E-state index contributed by atoms with van der Waals surface area (Å²) in [7, 11) is 0. The van der Waals surface area contributed by atoms with Crippen LogP contribution in [0, 0.1) is 13.8 Å². The molecule has 2 rings (SSSR count). The van der Waals surface area contributed by atoms with Gasteiger partial charge < -0.3 is 20.2 Å². The quantitative estimate of drug-likeness (QED) is 0.533. The van der Waals surface area contributed by atoms with E-state index in [9.17, 15) is 18.4 Å². The number of carbonyl (C=O) groups is 2. The van der Waals surface area contributed by atoms with Crippen LogP contribution in [0.1, 0.15) is 11.1 Å². The smallest absolute Gasteiger partial charge is 0.387 e. The number of para-hydroxylation sites is 2. The number of alkyl halides is 2. The van der Waals surface area contributed by atoms with E-state index in [1.165, 1.54) is 18.2 Å². The van der Waals surface area contributed by atoms with Crippen molar-refractivity contribution >= 4 is 29.4 Å². The number of halogens is 2. The monoisotopic (exact) mass is 391 g/mol. The van der Waals surface area contributed by atoms with E-state index < -0.39 is 25.0 Å². The fraction of sp³-hybridized carbons (Fsp3) is 0.211. The number of nitrogens with zero attached hydrogens (tertiary/aromatic N) is 1. The van der Waals surface area contributed by atoms with Crippen LogP contribution in [-0.4, -0.2) is 31.2 Å². The van der Waals surface area contributed by atoms with Crippen LogP contribution >= 0.6 is 0 Å². The van der Waals surface area contributed by atoms with Gasteiger partial charge in [-0.25, -0.2) is 0 Å². The zero-order valence-electron chi connectivity index (χ0n) is 15.2. The highest BCUT2D eigenvalue weighted by Crippen LogP contribution is 2.25. The van der Waals surface area contributed by atoms with Gasteiger partial charge in [0.1, 0.15) is 12.0 Å². The number of rotatable bonds is 8. The molecule has 9 heteroatoms. The summed E-state index contributed by atoms with van der Waals surface area (Å²) in [6.07, 6.45) is 0.889. The molecule has 0 spiro atoms. The second-order valence-corrected chi connectivity index (χ2v) is 5.74. The van der Waals surface area contributed by atoms with Gasteiger partial charge in [0.15, 0.2) is 6.61 Å². The summed E-state index contributed by atoms with van der Waals surface area (Å²) in [5, 5.41) is 8.41. The first-order chi connectivity index (χ1) is 13.3. The number of nitrogens with one attached hydrogen (secondary N) is 2. The third-order valence-electron chi connectivity index (χ3n) is 3.46. The molecule has 0 aliphatic heterocycles. The van der Waals surface area contributed by atoms with E-state index >= 15 is 0 Å². The van der Waals surface area contributed by atoms with Gasteiger partial charge in [0, 0.05) is 5.69 Å². The largest absolute Gasteiger partial charge is 0.433 e. The predicted octanol–water partition coefficient (Wildman–Crippen LogP) is 3.48. The average Bonchev–Trinajstić information content (AvgIpc) is 2.62. The van der Waals surface area contributed by atoms with Crippen molar-refractivity contribution in [3.05, 3.63) is 53.6 Å². The van der Waals surface area contributed by atoms with E-state index in [-0.39, 0.29) is 11.4 Å². The van der Waals surface area contributed by atoms with Crippen molar-refractivity contribution < 1.29 is 27.9 Å². The number of carbonyl (C=O) groups excluding carboxylic acids is 2. The van der Waals surface area contributed by atoms with Gasteiger partial charge in [0.2, 0.25) is 0 Å². The Kier molecular flexibility index (Phi) is 7.44. The van der Waals surface area contributed by atoms with Crippen LogP contribution in [0.3, 0.4) is 0 Å². The van der Waals surface area contributed by atoms with E-state index in [1.54, 1.807) is 12.1 Å². The Morgan fingerprint density at radius 2 is 1.86 bits per heavy atom. The molecular formula is C19H19F2N3O4. The Bertz CT molecular complexity index is 872. The molecule has 148 valence electrons. The van der Waals surface area contributed by atoms with Crippen LogP contribution in [-0.2, 0) is 14.4 Å². The summed E-state index contributed by atoms with van der Waals surface area (Å²) in [5.41, 5.74) is 2.66. The fourth-order valence-electron chi connectivity index (χ4n) is 2.25. The van der Waals surface area contributed by atoms with Gasteiger partial charge in [-0.3, -0.25) is 9.59 Å². The van der Waals surface area contributed by atoms with E-state index in [2.05, 4.69) is 20.5 Å². The SMILES string of the molecule is Cc1ccc(NC(=O)/C=N\OCC(=O)Nc2ccccc2OC(F)F)c(C)c1. The van der Waals surface area contributed by atoms with Crippen molar-refractivity contribution in [1.29, 1.82) is 0 Å². The van der Waals surface area contributed by atoms with Crippen molar-refractivity contribution in [1.82, 2.24) is 0 Å². The van der Waals surface area contributed by atoms with Gasteiger partial charge in [-0.1, -0.05) is 35.0 Å². The summed E-state index contributed by atoms with van der Waals surface area (Å²) in [6.45, 7) is 0.262. The predicted molar refractivity (Wildman–Crippen MR) is 101 cm³/mol. The first-order valence-corrected chi connectivity index (χ1v) is 8.22. The van der Waals surface area contributed by atoms with Crippen molar-refractivity contribution in [2.45, 2.75) is 20.5 Å². The molecule has 0 fully saturated rings. The maximum absolute atomic E-state index is 12.3. The topological polar surface area (TPSA) is 89.0 Å². The minimum atomic E-state index is -3.02. The molecule has 0 aromatic heterocycles. The Hall–Kier alpha value is -3.49. The van der Waals surface area contributed by atoms with Gasteiger partial charge in [-0.15, -0.1) is 0 Å². The maximum atomic E-state index is 12.3. The highest BCUT2D eigenvalue weighted by atomic mass is 19.3. The van der Waals surface area contributed by atoms with Crippen LogP contribution in [0.5, 0.6) is 5.75 Å². The van der Waals surface area contributed by atoms with Crippen LogP contribution in [0.15, 0.2) is 47.6 Å². The van der Waals surface area contributed by atoms with Crippen molar-refractivity contribution in [3.8, 4) is 5.75 Å². The third kappa shape index (κ3) is 6.67. The van der Waals surface area contributed by atoms with Crippen LogP contribution in [0.2, 0.25) is 0 Å². The van der Waals surface area contributed by atoms with Gasteiger partial charge in [-0.2, -0.15) is 8.78 Å². The summed E-state index contributed by atoms with van der Waals surface area (Å²) in [5.74, 6) is -1.36. The van der Waals surface area contributed by atoms with Gasteiger partial charge in [0.25, 0.3) is 11.8 Å². The lowest BCUT2D eigenvalue weighted by molar-refractivity contribution is -0.120. The van der Waals surface area contributed by atoms with E-state index in [0.29, 0.717) is 5.69 Å². The van der Waals surface area contributed by atoms with E-state index in [4.69, 9.17) is 4.84 Å². The molecule has 28 heavy (non-hydrogen) atoms. The number of oxime groups is 1. The number of hydrogen-bond donors (Lipinski definition) is 2. The molecule has 2 amide bonds. The molecule has 2 aromatic carbocycles. The number of hydrogen-bond acceptors (Lipinski definition) is 5. The highest BCUT2D eigenvalue weighted by molar-refractivity contribution is 6.31. The summed E-state index contributed by atoms with van der Waals surface area (Å²) >= 11 is 0. The Morgan fingerprint density at radius 3 is 2.57 bits per heavy atom. The molecule has 0 saturated heterocycles. The van der Waals surface area contributed by atoms with E-state index in [0.717, 1.165) is 17.3 Å². The summed E-state index contributed by atoms with van der Waals surface area (Å²) in [4.78, 5) is 28.4. The molecular weight excluding hydrogens is 372 g/mol. The van der Waals surface area contributed by atoms with Crippen LogP contribution in [0.25, 0.3) is 0 Å². The molecule has 0 bridgehead atoms. The molecule has 0 atom stereocenters. The highest BCUT2D eigenvalue weighted by Gasteiger charge is 2.11. The number of amides is 2. The second-order valence-electron chi connectivity index (χ2n) is 5.74. The number of aryl methyl sites for hydroxylation is 2. The zero-order chi connectivity index (χ0) is 20.5. The standard InChI is InChI=1S/C19H19F2N3O4/c1-12-7-8-14(13(2)9-12)23-17(25)10-22-27-11-18(26)24-15-5-3-4-6-16(15)28-19(20)21/h3-10,19H,11H2,1-2H3,(H,23,25)(H,24,26)/b22-10-. The lowest BCUT2D eigenvalue weighted by Crippen LogP contribution is -2.19. The molecule has 0 heterocycles. The molecule has 0 saturated carbocycles. The molecule has 7 nitrogen and oxygen atoms in total. The first kappa shape index (κ1) is 20.8. The second kappa shape index (κ2) is 10.0. The van der Waals surface area contributed by atoms with Crippen LogP contribution in [0.4, 0.5) is 20.2 Å². The van der Waals surface area contributed by atoms with E-state index in [1.807, 2.05) is 26.0 Å². The molecule has 2 N–H and O–H groups in total. The number of ether oxygens (including phenoxy) is 1. The molecule has 2 aromatic rings. The molecule has 0 aliphatic carbocycles. The summed E-state index contributed by atoms with van der Waals surface area (Å²) in [6, 6.07) is 11.3. The summed E-state index contributed by atoms with van der Waals surface area (Å²) < 4.78 is 29.0. The van der Waals surface area contributed by atoms with Gasteiger partial charge in [-0.05, 0) is 37.6 Å². The Morgan fingerprint density at radius 1 is 1.11 bits per heavy atom. The maximum Gasteiger partial charge on any atom is 0.387 e. The van der Waals surface area contributed by atoms with Crippen molar-refractivity contribution in [2.24, 2.45) is 5.16 Å². The number of benzene rings is 2. The Balaban J connectivity index is 1.81. The first-order valence-electron chi connectivity index (χ1n) is 8.22. The minimum Gasteiger partial charge on any atom is -0.433 e. The van der Waals surface area contributed by atoms with Gasteiger partial charge in [0.05, 0.1) is 5.69 Å². The minimum absolute atomic E-state index is 0.0629. The fourth-order valence-corrected chi connectivity index (χ4v) is 2.25. The Labute approximate surface area is 160 Å². The molecule has 0 aliphatic rings. The van der Waals surface area contributed by atoms with Gasteiger partial charge >= 0.3 is 6.61 Å². The molecule has 0 unspecified atom stereocenters. The zero-order valence-corrected chi connectivity index (χ0v) is 15.2.